The number of hydrogen-bond donors (Lipinski definition) is 0. The molecule has 1 fully saturated rings. The van der Waals surface area contributed by atoms with Crippen LogP contribution in [0.2, 0.25) is 6.32 Å². The number of allylic oxidation sites excluding steroid dienone is 3. The van der Waals surface area contributed by atoms with Gasteiger partial charge in [-0.1, -0.05) is 32.1 Å². The van der Waals surface area contributed by atoms with Crippen molar-refractivity contribution < 1.29 is 9.31 Å². The monoisotopic (exact) mass is 252 g/mol. The second kappa shape index (κ2) is 7.80. The van der Waals surface area contributed by atoms with E-state index in [1.165, 1.54) is 12.8 Å². The highest BCUT2D eigenvalue weighted by Gasteiger charge is 2.50. The van der Waals surface area contributed by atoms with Crippen molar-refractivity contribution in [2.75, 3.05) is 0 Å². The van der Waals surface area contributed by atoms with Gasteiger partial charge in [-0.05, 0) is 40.5 Å². The van der Waals surface area contributed by atoms with E-state index in [4.69, 9.17) is 9.31 Å². The highest BCUT2D eigenvalue weighted by Crippen LogP contribution is 2.37. The predicted octanol–water partition coefficient (Wildman–Crippen LogP) is 4.63. The van der Waals surface area contributed by atoms with Gasteiger partial charge in [0.1, 0.15) is 0 Å². The fourth-order valence-corrected chi connectivity index (χ4v) is 1.53. The zero-order valence-electron chi connectivity index (χ0n) is 13.0. The van der Waals surface area contributed by atoms with E-state index in [0.717, 1.165) is 6.32 Å². The van der Waals surface area contributed by atoms with Crippen molar-refractivity contribution >= 4 is 7.12 Å². The Balaban J connectivity index is 0.000000411. The summed E-state index contributed by atoms with van der Waals surface area (Å²) in [4.78, 5) is 0. The van der Waals surface area contributed by atoms with Crippen molar-refractivity contribution in [1.82, 2.24) is 0 Å². The first-order chi connectivity index (χ1) is 8.30. The summed E-state index contributed by atoms with van der Waals surface area (Å²) in [6, 6.07) is 0. The maximum absolute atomic E-state index is 5.71. The maximum atomic E-state index is 5.71. The van der Waals surface area contributed by atoms with Crippen LogP contribution in [0, 0.1) is 0 Å². The van der Waals surface area contributed by atoms with Gasteiger partial charge in [-0.25, -0.2) is 0 Å². The lowest BCUT2D eigenvalue weighted by Crippen LogP contribution is -2.41. The molecule has 1 aliphatic heterocycles. The van der Waals surface area contributed by atoms with E-state index in [2.05, 4.69) is 60.3 Å². The van der Waals surface area contributed by atoms with Crippen LogP contribution >= 0.6 is 0 Å². The molecule has 0 aromatic rings. The van der Waals surface area contributed by atoms with E-state index in [1.54, 1.807) is 0 Å². The normalized spacial score (nSPS) is 20.7. The smallest absolute Gasteiger partial charge is 0.403 e. The van der Waals surface area contributed by atoms with Gasteiger partial charge < -0.3 is 9.31 Å². The Morgan fingerprint density at radius 2 is 1.33 bits per heavy atom. The summed E-state index contributed by atoms with van der Waals surface area (Å²) >= 11 is 0. The van der Waals surface area contributed by atoms with Crippen LogP contribution in [0.1, 0.15) is 54.4 Å². The Labute approximate surface area is 114 Å². The first kappa shape index (κ1) is 17.5. The molecule has 1 rings (SSSR count). The average Bonchev–Trinajstić information content (AvgIpc) is 2.45. The lowest BCUT2D eigenvalue weighted by Gasteiger charge is -2.32. The van der Waals surface area contributed by atoms with Crippen LogP contribution in [0.15, 0.2) is 24.8 Å². The Morgan fingerprint density at radius 1 is 0.944 bits per heavy atom. The lowest BCUT2D eigenvalue weighted by molar-refractivity contribution is 0.00578. The van der Waals surface area contributed by atoms with E-state index < -0.39 is 0 Å². The Kier molecular flexibility index (Phi) is 7.57. The average molecular weight is 252 g/mol. The molecule has 104 valence electrons. The van der Waals surface area contributed by atoms with Gasteiger partial charge in [0.15, 0.2) is 0 Å². The molecule has 1 saturated heterocycles. The molecule has 2 nitrogen and oxygen atoms in total. The van der Waals surface area contributed by atoms with Crippen molar-refractivity contribution in [2.45, 2.75) is 71.9 Å². The highest BCUT2D eigenvalue weighted by molar-refractivity contribution is 6.46. The second-order valence-electron chi connectivity index (χ2n) is 5.50. The summed E-state index contributed by atoms with van der Waals surface area (Å²) in [5.74, 6) is 0. The predicted molar refractivity (Wildman–Crippen MR) is 80.8 cm³/mol. The largest absolute Gasteiger partial charge is 0.461 e. The van der Waals surface area contributed by atoms with Crippen LogP contribution in [0.25, 0.3) is 0 Å². The first-order valence-corrected chi connectivity index (χ1v) is 6.92. The first-order valence-electron chi connectivity index (χ1n) is 6.92. The Hall–Kier alpha value is -0.535. The molecule has 0 aromatic carbocycles. The van der Waals surface area contributed by atoms with Gasteiger partial charge in [-0.2, -0.15) is 0 Å². The minimum absolute atomic E-state index is 0.118. The molecule has 1 heterocycles. The summed E-state index contributed by atoms with van der Waals surface area (Å²) in [6.45, 7) is 16.2. The highest BCUT2D eigenvalue weighted by atomic mass is 16.7. The molecule has 0 aromatic heterocycles. The minimum Gasteiger partial charge on any atom is -0.403 e. The van der Waals surface area contributed by atoms with Crippen LogP contribution in [0.5, 0.6) is 0 Å². The quantitative estimate of drug-likeness (QED) is 0.536. The molecule has 0 amide bonds. The summed E-state index contributed by atoms with van der Waals surface area (Å²) in [5.41, 5.74) is -0.415. The molecule has 0 atom stereocenters. The van der Waals surface area contributed by atoms with Crippen LogP contribution in [0.4, 0.5) is 0 Å². The maximum Gasteiger partial charge on any atom is 0.461 e. The third-order valence-electron chi connectivity index (χ3n) is 3.30. The number of hydrogen-bond acceptors (Lipinski definition) is 2. The Morgan fingerprint density at radius 3 is 1.61 bits per heavy atom. The van der Waals surface area contributed by atoms with Crippen LogP contribution < -0.4 is 0 Å². The van der Waals surface area contributed by atoms with Crippen molar-refractivity contribution in [3.05, 3.63) is 24.8 Å². The van der Waals surface area contributed by atoms with Gasteiger partial charge in [0, 0.05) is 6.32 Å². The van der Waals surface area contributed by atoms with Gasteiger partial charge in [-0.15, -0.1) is 6.58 Å². The van der Waals surface area contributed by atoms with E-state index in [0.29, 0.717) is 0 Å². The number of rotatable bonds is 4. The zero-order chi connectivity index (χ0) is 14.2. The SMILES string of the molecule is C=CCB1OC(C)(C)C(C)(C)O1.CCC=CCC. The molecule has 0 unspecified atom stereocenters. The summed E-state index contributed by atoms with van der Waals surface area (Å²) in [7, 11) is -0.118. The van der Waals surface area contributed by atoms with E-state index in [9.17, 15) is 0 Å². The molecule has 18 heavy (non-hydrogen) atoms. The molecule has 0 spiro atoms. The van der Waals surface area contributed by atoms with Gasteiger partial charge >= 0.3 is 7.12 Å². The molecule has 0 bridgehead atoms. The van der Waals surface area contributed by atoms with E-state index in [-0.39, 0.29) is 18.3 Å². The van der Waals surface area contributed by atoms with Gasteiger partial charge in [0.2, 0.25) is 0 Å². The van der Waals surface area contributed by atoms with Gasteiger partial charge in [0.25, 0.3) is 0 Å². The van der Waals surface area contributed by atoms with Crippen LogP contribution in [0.3, 0.4) is 0 Å². The van der Waals surface area contributed by atoms with E-state index >= 15 is 0 Å². The zero-order valence-corrected chi connectivity index (χ0v) is 13.0. The summed E-state index contributed by atoms with van der Waals surface area (Å²) in [5, 5.41) is 0. The van der Waals surface area contributed by atoms with Gasteiger partial charge in [0.05, 0.1) is 11.2 Å². The third-order valence-corrected chi connectivity index (χ3v) is 3.30. The van der Waals surface area contributed by atoms with Crippen molar-refractivity contribution in [2.24, 2.45) is 0 Å². The van der Waals surface area contributed by atoms with Crippen molar-refractivity contribution in [3.8, 4) is 0 Å². The lowest BCUT2D eigenvalue weighted by atomic mass is 9.85. The third kappa shape index (κ3) is 5.41. The van der Waals surface area contributed by atoms with E-state index in [1.807, 2.05) is 6.08 Å². The molecular formula is C15H29BO2. The molecule has 0 radical (unpaired) electrons. The minimum atomic E-state index is -0.208. The topological polar surface area (TPSA) is 18.5 Å². The molecule has 0 saturated carbocycles. The van der Waals surface area contributed by atoms with Crippen LogP contribution in [-0.4, -0.2) is 18.3 Å². The fraction of sp³-hybridized carbons (Fsp3) is 0.733. The van der Waals surface area contributed by atoms with Crippen LogP contribution in [-0.2, 0) is 9.31 Å². The Bertz CT molecular complexity index is 248. The molecule has 0 aliphatic carbocycles. The molecular weight excluding hydrogens is 223 g/mol. The standard InChI is InChI=1S/C9H17BO2.C6H12/c1-6-7-10-11-8(2,3)9(4,5)12-10;1-3-5-6-4-2/h6H,1,7H2,2-5H3;5-6H,3-4H2,1-2H3. The van der Waals surface area contributed by atoms with Gasteiger partial charge in [-0.3, -0.25) is 0 Å². The molecule has 3 heteroatoms. The summed E-state index contributed by atoms with van der Waals surface area (Å²) < 4.78 is 11.4. The fourth-order valence-electron chi connectivity index (χ4n) is 1.53. The molecule has 0 N–H and O–H groups in total. The second-order valence-corrected chi connectivity index (χ2v) is 5.50. The van der Waals surface area contributed by atoms with Crippen molar-refractivity contribution in [1.29, 1.82) is 0 Å². The van der Waals surface area contributed by atoms with Crippen molar-refractivity contribution in [3.63, 3.8) is 0 Å². The summed E-state index contributed by atoms with van der Waals surface area (Å²) in [6.07, 6.45) is 9.29. The molecule has 1 aliphatic rings.